The number of nitrogens with one attached hydrogen (secondary N) is 3. The van der Waals surface area contributed by atoms with E-state index in [9.17, 15) is 14.4 Å². The smallest absolute Gasteiger partial charge is 0.322 e. The minimum Gasteiger partial charge on any atom is -0.496 e. The zero-order chi connectivity index (χ0) is 19.4. The Balaban J connectivity index is 1.75. The molecule has 0 bridgehead atoms. The molecule has 0 saturated carbocycles. The van der Waals surface area contributed by atoms with Crippen molar-refractivity contribution in [3.05, 3.63) is 65.7 Å². The molecule has 1 aliphatic rings. The Morgan fingerprint density at radius 2 is 1.93 bits per heavy atom. The van der Waals surface area contributed by atoms with Gasteiger partial charge in [0.25, 0.3) is 5.91 Å². The van der Waals surface area contributed by atoms with Crippen LogP contribution in [-0.2, 0) is 15.1 Å². The van der Waals surface area contributed by atoms with Gasteiger partial charge in [0, 0.05) is 17.3 Å². The van der Waals surface area contributed by atoms with Crippen molar-refractivity contribution < 1.29 is 19.1 Å². The summed E-state index contributed by atoms with van der Waals surface area (Å²) >= 11 is 0. The van der Waals surface area contributed by atoms with E-state index in [1.165, 1.54) is 6.08 Å². The van der Waals surface area contributed by atoms with Crippen molar-refractivity contribution in [1.82, 2.24) is 10.6 Å². The van der Waals surface area contributed by atoms with Crippen molar-refractivity contribution in [1.29, 1.82) is 0 Å². The molecule has 7 nitrogen and oxygen atoms in total. The molecule has 3 rings (SSSR count). The number of carbonyl (C=O) groups is 3. The van der Waals surface area contributed by atoms with E-state index in [-0.39, 0.29) is 5.91 Å². The zero-order valence-corrected chi connectivity index (χ0v) is 14.9. The summed E-state index contributed by atoms with van der Waals surface area (Å²) in [5, 5.41) is 7.56. The van der Waals surface area contributed by atoms with Gasteiger partial charge < -0.3 is 15.4 Å². The van der Waals surface area contributed by atoms with Gasteiger partial charge in [0.2, 0.25) is 5.91 Å². The number of anilines is 1. The first-order chi connectivity index (χ1) is 12.9. The normalized spacial score (nSPS) is 18.9. The fraction of sp³-hybridized carbons (Fsp3) is 0.150. The Kier molecular flexibility index (Phi) is 4.94. The van der Waals surface area contributed by atoms with Gasteiger partial charge in [-0.2, -0.15) is 0 Å². The third-order valence-corrected chi connectivity index (χ3v) is 4.31. The number of carbonyl (C=O) groups excluding carboxylic acids is 3. The van der Waals surface area contributed by atoms with Gasteiger partial charge in [0.15, 0.2) is 0 Å². The topological polar surface area (TPSA) is 96.5 Å². The predicted molar refractivity (Wildman–Crippen MR) is 101 cm³/mol. The Hall–Kier alpha value is -3.61. The standard InChI is InChI=1S/C20H19N3O4/c1-20(18(25)22-19(26)23-20)14-7-5-8-15(12-14)21-17(24)11-10-13-6-3-4-9-16(13)27-2/h3-12H,1-2H3,(H,21,24)(H2,22,23,25,26)/b11-10+/t20-/m1/s1. The highest BCUT2D eigenvalue weighted by molar-refractivity contribution is 6.07. The largest absolute Gasteiger partial charge is 0.496 e. The summed E-state index contributed by atoms with van der Waals surface area (Å²) in [6, 6.07) is 13.6. The number of hydrogen-bond donors (Lipinski definition) is 3. The van der Waals surface area contributed by atoms with Crippen LogP contribution in [-0.4, -0.2) is 25.0 Å². The lowest BCUT2D eigenvalue weighted by atomic mass is 9.92. The van der Waals surface area contributed by atoms with Crippen LogP contribution < -0.4 is 20.7 Å². The highest BCUT2D eigenvalue weighted by Crippen LogP contribution is 2.26. The molecule has 1 fully saturated rings. The van der Waals surface area contributed by atoms with Gasteiger partial charge in [-0.15, -0.1) is 0 Å². The maximum Gasteiger partial charge on any atom is 0.322 e. The average Bonchev–Trinajstić information content (AvgIpc) is 2.93. The maximum atomic E-state index is 12.2. The fourth-order valence-electron chi connectivity index (χ4n) is 2.81. The number of imide groups is 1. The Labute approximate surface area is 156 Å². The van der Waals surface area contributed by atoms with Gasteiger partial charge in [-0.3, -0.25) is 14.9 Å². The molecule has 3 N–H and O–H groups in total. The second-order valence-electron chi connectivity index (χ2n) is 6.18. The van der Waals surface area contributed by atoms with Crippen LogP contribution >= 0.6 is 0 Å². The number of rotatable bonds is 5. The SMILES string of the molecule is COc1ccccc1/C=C/C(=O)Nc1cccc([C@@]2(C)NC(=O)NC2=O)c1. The van der Waals surface area contributed by atoms with E-state index < -0.39 is 17.5 Å². The molecule has 0 aromatic heterocycles. The van der Waals surface area contributed by atoms with E-state index in [0.717, 1.165) is 5.56 Å². The summed E-state index contributed by atoms with van der Waals surface area (Å²) in [6.45, 7) is 1.61. The van der Waals surface area contributed by atoms with Crippen LogP contribution in [0.25, 0.3) is 6.08 Å². The van der Waals surface area contributed by atoms with Crippen molar-refractivity contribution in [3.63, 3.8) is 0 Å². The van der Waals surface area contributed by atoms with Gasteiger partial charge in [0.05, 0.1) is 7.11 Å². The first kappa shape index (κ1) is 18.2. The van der Waals surface area contributed by atoms with E-state index in [1.807, 2.05) is 24.3 Å². The van der Waals surface area contributed by atoms with E-state index >= 15 is 0 Å². The third kappa shape index (κ3) is 3.82. The van der Waals surface area contributed by atoms with Gasteiger partial charge >= 0.3 is 6.03 Å². The van der Waals surface area contributed by atoms with Gasteiger partial charge in [0.1, 0.15) is 11.3 Å². The summed E-state index contributed by atoms with van der Waals surface area (Å²) in [4.78, 5) is 35.7. The molecule has 4 amide bonds. The summed E-state index contributed by atoms with van der Waals surface area (Å²) in [5.41, 5.74) is 0.682. The minimum absolute atomic E-state index is 0.330. The van der Waals surface area contributed by atoms with E-state index in [4.69, 9.17) is 4.74 Å². The molecule has 7 heteroatoms. The fourth-order valence-corrected chi connectivity index (χ4v) is 2.81. The average molecular weight is 365 g/mol. The Morgan fingerprint density at radius 3 is 2.63 bits per heavy atom. The lowest BCUT2D eigenvalue weighted by Gasteiger charge is -2.21. The van der Waals surface area contributed by atoms with Crippen LogP contribution in [0.2, 0.25) is 0 Å². The Bertz CT molecular complexity index is 938. The van der Waals surface area contributed by atoms with Crippen LogP contribution in [0, 0.1) is 0 Å². The number of hydrogen-bond acceptors (Lipinski definition) is 4. The first-order valence-corrected chi connectivity index (χ1v) is 8.28. The quantitative estimate of drug-likeness (QED) is 0.560. The molecule has 138 valence electrons. The molecular formula is C20H19N3O4. The summed E-state index contributed by atoms with van der Waals surface area (Å²) < 4.78 is 5.24. The highest BCUT2D eigenvalue weighted by atomic mass is 16.5. The summed E-state index contributed by atoms with van der Waals surface area (Å²) in [5.74, 6) is -0.102. The monoisotopic (exact) mass is 365 g/mol. The van der Waals surface area contributed by atoms with Crippen molar-refractivity contribution >= 4 is 29.6 Å². The van der Waals surface area contributed by atoms with E-state index in [1.54, 1.807) is 44.4 Å². The second-order valence-corrected chi connectivity index (χ2v) is 6.18. The van der Waals surface area contributed by atoms with Gasteiger partial charge in [-0.1, -0.05) is 30.3 Å². The van der Waals surface area contributed by atoms with Gasteiger partial charge in [-0.05, 0) is 36.8 Å². The molecule has 2 aromatic rings. The number of methoxy groups -OCH3 is 1. The Morgan fingerprint density at radius 1 is 1.15 bits per heavy atom. The third-order valence-electron chi connectivity index (χ3n) is 4.31. The van der Waals surface area contributed by atoms with Crippen LogP contribution in [0.4, 0.5) is 10.5 Å². The van der Waals surface area contributed by atoms with Crippen molar-refractivity contribution in [2.45, 2.75) is 12.5 Å². The predicted octanol–water partition coefficient (Wildman–Crippen LogP) is 2.40. The molecule has 1 aliphatic heterocycles. The molecule has 0 radical (unpaired) electrons. The molecule has 2 aromatic carbocycles. The summed E-state index contributed by atoms with van der Waals surface area (Å²) in [7, 11) is 1.57. The number of amides is 4. The van der Waals surface area contributed by atoms with Crippen LogP contribution in [0.3, 0.4) is 0 Å². The molecule has 1 heterocycles. The maximum absolute atomic E-state index is 12.2. The zero-order valence-electron chi connectivity index (χ0n) is 14.9. The molecule has 1 atom stereocenters. The van der Waals surface area contributed by atoms with Crippen LogP contribution in [0.15, 0.2) is 54.6 Å². The minimum atomic E-state index is -1.18. The van der Waals surface area contributed by atoms with E-state index in [2.05, 4.69) is 16.0 Å². The van der Waals surface area contributed by atoms with Crippen LogP contribution in [0.1, 0.15) is 18.1 Å². The molecule has 1 saturated heterocycles. The molecule has 0 spiro atoms. The molecular weight excluding hydrogens is 346 g/mol. The number of urea groups is 1. The number of para-hydroxylation sites is 1. The lowest BCUT2D eigenvalue weighted by Crippen LogP contribution is -2.40. The molecule has 27 heavy (non-hydrogen) atoms. The number of benzene rings is 2. The first-order valence-electron chi connectivity index (χ1n) is 8.28. The van der Waals surface area contributed by atoms with Crippen molar-refractivity contribution in [2.24, 2.45) is 0 Å². The van der Waals surface area contributed by atoms with Crippen molar-refractivity contribution in [2.75, 3.05) is 12.4 Å². The second kappa shape index (κ2) is 7.33. The molecule has 0 unspecified atom stereocenters. The number of ether oxygens (including phenoxy) is 1. The lowest BCUT2D eigenvalue weighted by molar-refractivity contribution is -0.123. The van der Waals surface area contributed by atoms with Crippen molar-refractivity contribution in [3.8, 4) is 5.75 Å². The highest BCUT2D eigenvalue weighted by Gasteiger charge is 2.43. The van der Waals surface area contributed by atoms with Gasteiger partial charge in [-0.25, -0.2) is 4.79 Å². The van der Waals surface area contributed by atoms with E-state index in [0.29, 0.717) is 17.0 Å². The summed E-state index contributed by atoms with van der Waals surface area (Å²) in [6.07, 6.45) is 3.06. The van der Waals surface area contributed by atoms with Crippen LogP contribution in [0.5, 0.6) is 5.75 Å². The molecule has 0 aliphatic carbocycles.